The first-order valence-electron chi connectivity index (χ1n) is 6.89. The predicted octanol–water partition coefficient (Wildman–Crippen LogP) is 1.61. The predicted molar refractivity (Wildman–Crippen MR) is 79.1 cm³/mol. The fourth-order valence-electron chi connectivity index (χ4n) is 2.21. The average Bonchev–Trinajstić information content (AvgIpc) is 2.88. The zero-order valence-corrected chi connectivity index (χ0v) is 13.2. The molecule has 2 rings (SSSR count). The summed E-state index contributed by atoms with van der Waals surface area (Å²) in [5.41, 5.74) is 0. The summed E-state index contributed by atoms with van der Waals surface area (Å²) in [6.45, 7) is 1.08. The highest BCUT2D eigenvalue weighted by Gasteiger charge is 2.19. The molecule has 1 aliphatic heterocycles. The number of ether oxygens (including phenoxy) is 1. The van der Waals surface area contributed by atoms with E-state index in [1.807, 2.05) is 0 Å². The van der Waals surface area contributed by atoms with Crippen molar-refractivity contribution < 1.29 is 23.1 Å². The Hall–Kier alpha value is -0.960. The van der Waals surface area contributed by atoms with Gasteiger partial charge in [0.25, 0.3) is 0 Å². The van der Waals surface area contributed by atoms with Gasteiger partial charge in [-0.1, -0.05) is 0 Å². The Morgan fingerprint density at radius 1 is 1.43 bits per heavy atom. The molecule has 1 atom stereocenters. The van der Waals surface area contributed by atoms with E-state index in [1.165, 1.54) is 12.1 Å². The van der Waals surface area contributed by atoms with E-state index in [9.17, 15) is 13.2 Å². The first kappa shape index (κ1) is 16.4. The van der Waals surface area contributed by atoms with Crippen LogP contribution in [0.15, 0.2) is 16.3 Å². The molecule has 1 aliphatic rings. The third-order valence-corrected chi connectivity index (χ3v) is 6.30. The third-order valence-electron chi connectivity index (χ3n) is 3.26. The van der Waals surface area contributed by atoms with E-state index in [2.05, 4.69) is 4.72 Å². The molecule has 0 spiro atoms. The molecule has 0 amide bonds. The number of thiophene rings is 1. The van der Waals surface area contributed by atoms with Gasteiger partial charge in [-0.25, -0.2) is 13.1 Å². The van der Waals surface area contributed by atoms with Crippen molar-refractivity contribution in [2.45, 2.75) is 42.4 Å². The number of carboxylic acid groups (broad SMARTS) is 1. The van der Waals surface area contributed by atoms with Crippen molar-refractivity contribution >= 4 is 27.3 Å². The molecule has 2 heterocycles. The van der Waals surface area contributed by atoms with Crippen LogP contribution in [0, 0.1) is 0 Å². The normalized spacial score (nSPS) is 19.5. The Balaban J connectivity index is 1.85. The standard InChI is InChI=1S/C13H19NO5S2/c15-12(16)9-11-4-5-13(20-11)21(17,18)14-7-6-10-3-1-2-8-19-10/h4-5,10,14H,1-3,6-9H2,(H,15,16). The van der Waals surface area contributed by atoms with E-state index < -0.39 is 16.0 Å². The number of hydrogen-bond donors (Lipinski definition) is 2. The average molecular weight is 333 g/mol. The molecule has 0 aromatic carbocycles. The van der Waals surface area contributed by atoms with Crippen LogP contribution in [0.5, 0.6) is 0 Å². The molecule has 6 nitrogen and oxygen atoms in total. The Labute approximate surface area is 128 Å². The molecule has 1 unspecified atom stereocenters. The van der Waals surface area contributed by atoms with Gasteiger partial charge in [-0.15, -0.1) is 11.3 Å². The summed E-state index contributed by atoms with van der Waals surface area (Å²) in [6, 6.07) is 2.99. The monoisotopic (exact) mass is 333 g/mol. The highest BCUT2D eigenvalue weighted by atomic mass is 32.2. The van der Waals surface area contributed by atoms with Gasteiger partial charge >= 0.3 is 5.97 Å². The summed E-state index contributed by atoms with van der Waals surface area (Å²) < 4.78 is 32.4. The first-order valence-corrected chi connectivity index (χ1v) is 9.19. The van der Waals surface area contributed by atoms with Gasteiger partial charge in [0.2, 0.25) is 10.0 Å². The fourth-order valence-corrected chi connectivity index (χ4v) is 4.65. The highest BCUT2D eigenvalue weighted by molar-refractivity contribution is 7.91. The second-order valence-electron chi connectivity index (χ2n) is 4.97. The van der Waals surface area contributed by atoms with Crippen molar-refractivity contribution in [1.82, 2.24) is 4.72 Å². The minimum absolute atomic E-state index is 0.132. The summed E-state index contributed by atoms with van der Waals surface area (Å²) >= 11 is 0.992. The van der Waals surface area contributed by atoms with Crippen molar-refractivity contribution in [1.29, 1.82) is 0 Å². The van der Waals surface area contributed by atoms with Crippen LogP contribution in [0.2, 0.25) is 0 Å². The lowest BCUT2D eigenvalue weighted by Gasteiger charge is -2.22. The van der Waals surface area contributed by atoms with Crippen molar-refractivity contribution in [3.63, 3.8) is 0 Å². The molecule has 21 heavy (non-hydrogen) atoms. The number of carboxylic acids is 1. The zero-order chi connectivity index (χ0) is 15.3. The van der Waals surface area contributed by atoms with Gasteiger partial charge in [-0.2, -0.15) is 0 Å². The molecule has 0 bridgehead atoms. The lowest BCUT2D eigenvalue weighted by Crippen LogP contribution is -2.29. The Morgan fingerprint density at radius 3 is 2.90 bits per heavy atom. The van der Waals surface area contributed by atoms with E-state index in [-0.39, 0.29) is 16.7 Å². The lowest BCUT2D eigenvalue weighted by molar-refractivity contribution is -0.136. The molecular formula is C13H19NO5S2. The van der Waals surface area contributed by atoms with Crippen LogP contribution in [-0.4, -0.2) is 38.7 Å². The number of sulfonamides is 1. The zero-order valence-electron chi connectivity index (χ0n) is 11.6. The second-order valence-corrected chi connectivity index (χ2v) is 8.13. The minimum Gasteiger partial charge on any atom is -0.481 e. The maximum absolute atomic E-state index is 12.1. The van der Waals surface area contributed by atoms with E-state index in [4.69, 9.17) is 9.84 Å². The van der Waals surface area contributed by atoms with Crippen LogP contribution >= 0.6 is 11.3 Å². The van der Waals surface area contributed by atoms with E-state index in [1.54, 1.807) is 0 Å². The molecule has 1 saturated heterocycles. The van der Waals surface area contributed by atoms with E-state index in [0.717, 1.165) is 37.2 Å². The molecule has 0 aliphatic carbocycles. The number of hydrogen-bond acceptors (Lipinski definition) is 5. The molecule has 1 aromatic rings. The number of rotatable bonds is 7. The van der Waals surface area contributed by atoms with Crippen LogP contribution in [0.25, 0.3) is 0 Å². The summed E-state index contributed by atoms with van der Waals surface area (Å²) in [5.74, 6) is -0.969. The highest BCUT2D eigenvalue weighted by Crippen LogP contribution is 2.22. The summed E-state index contributed by atoms with van der Waals surface area (Å²) in [7, 11) is -3.56. The molecule has 8 heteroatoms. The van der Waals surface area contributed by atoms with Crippen LogP contribution in [0.4, 0.5) is 0 Å². The Kier molecular flexibility index (Phi) is 5.74. The smallest absolute Gasteiger partial charge is 0.308 e. The molecule has 1 fully saturated rings. The Bertz CT molecular complexity index is 575. The van der Waals surface area contributed by atoms with Gasteiger partial charge in [-0.3, -0.25) is 4.79 Å². The van der Waals surface area contributed by atoms with Crippen LogP contribution in [-0.2, 0) is 26.0 Å². The molecule has 118 valence electrons. The first-order chi connectivity index (χ1) is 9.97. The summed E-state index contributed by atoms with van der Waals surface area (Å²) in [5, 5.41) is 8.69. The quantitative estimate of drug-likeness (QED) is 0.791. The SMILES string of the molecule is O=C(O)Cc1ccc(S(=O)(=O)NCCC2CCCCO2)s1. The van der Waals surface area contributed by atoms with Gasteiger partial charge in [0, 0.05) is 18.0 Å². The van der Waals surface area contributed by atoms with Gasteiger partial charge in [-0.05, 0) is 37.8 Å². The Morgan fingerprint density at radius 2 is 2.24 bits per heavy atom. The molecule has 0 saturated carbocycles. The molecule has 0 radical (unpaired) electrons. The second kappa shape index (κ2) is 7.35. The van der Waals surface area contributed by atoms with Crippen LogP contribution in [0.1, 0.15) is 30.6 Å². The van der Waals surface area contributed by atoms with E-state index >= 15 is 0 Å². The largest absolute Gasteiger partial charge is 0.481 e. The van der Waals surface area contributed by atoms with Crippen molar-refractivity contribution in [2.75, 3.05) is 13.2 Å². The van der Waals surface area contributed by atoms with Gasteiger partial charge < -0.3 is 9.84 Å². The molecular weight excluding hydrogens is 314 g/mol. The van der Waals surface area contributed by atoms with Crippen molar-refractivity contribution in [3.05, 3.63) is 17.0 Å². The molecule has 2 N–H and O–H groups in total. The summed E-state index contributed by atoms with van der Waals surface area (Å²) in [4.78, 5) is 11.1. The maximum Gasteiger partial charge on any atom is 0.308 e. The lowest BCUT2D eigenvalue weighted by atomic mass is 10.1. The van der Waals surface area contributed by atoms with Crippen LogP contribution in [0.3, 0.4) is 0 Å². The van der Waals surface area contributed by atoms with Crippen molar-refractivity contribution in [3.8, 4) is 0 Å². The summed E-state index contributed by atoms with van der Waals surface area (Å²) in [6.07, 6.45) is 3.81. The van der Waals surface area contributed by atoms with Crippen molar-refractivity contribution in [2.24, 2.45) is 0 Å². The fraction of sp³-hybridized carbons (Fsp3) is 0.615. The van der Waals surface area contributed by atoms with Crippen LogP contribution < -0.4 is 4.72 Å². The topological polar surface area (TPSA) is 92.7 Å². The van der Waals surface area contributed by atoms with Gasteiger partial charge in [0.1, 0.15) is 4.21 Å². The van der Waals surface area contributed by atoms with Gasteiger partial charge in [0.15, 0.2) is 0 Å². The number of nitrogens with one attached hydrogen (secondary N) is 1. The maximum atomic E-state index is 12.1. The van der Waals surface area contributed by atoms with E-state index in [0.29, 0.717) is 17.8 Å². The number of aliphatic carboxylic acids is 1. The number of carbonyl (C=O) groups is 1. The molecule has 1 aromatic heterocycles. The third kappa shape index (κ3) is 5.06. The van der Waals surface area contributed by atoms with Gasteiger partial charge in [0.05, 0.1) is 12.5 Å². The minimum atomic E-state index is -3.56.